The van der Waals surface area contributed by atoms with Gasteiger partial charge in [0, 0.05) is 20.9 Å². The predicted octanol–water partition coefficient (Wildman–Crippen LogP) is 5.15. The Labute approximate surface area is 174 Å². The largest absolute Gasteiger partial charge is 0.496 e. The average Bonchev–Trinajstić information content (AvgIpc) is 2.66. The van der Waals surface area contributed by atoms with Gasteiger partial charge < -0.3 is 4.74 Å². The molecule has 0 saturated heterocycles. The monoisotopic (exact) mass is 491 g/mol. The molecule has 1 heterocycles. The fourth-order valence-corrected chi connectivity index (χ4v) is 3.48. The van der Waals surface area contributed by atoms with Crippen molar-refractivity contribution in [1.29, 1.82) is 0 Å². The van der Waals surface area contributed by atoms with Crippen LogP contribution in [0, 0.1) is 0 Å². The molecule has 0 amide bonds. The van der Waals surface area contributed by atoms with Crippen LogP contribution in [0.5, 0.6) is 5.75 Å². The first-order chi connectivity index (χ1) is 13.0. The molecule has 0 aliphatic rings. The summed E-state index contributed by atoms with van der Waals surface area (Å²) in [5.74, 6) is 1.34. The number of methoxy groups -OCH3 is 1. The van der Waals surface area contributed by atoms with Crippen molar-refractivity contribution in [3.8, 4) is 5.75 Å². The van der Waals surface area contributed by atoms with E-state index < -0.39 is 0 Å². The molecule has 0 radical (unpaired) electrons. The lowest BCUT2D eigenvalue weighted by atomic mass is 10.2. The highest BCUT2D eigenvalue weighted by molar-refractivity contribution is 9.10. The number of hydrogen-bond donors (Lipinski definition) is 0. The second-order valence-electron chi connectivity index (χ2n) is 6.04. The van der Waals surface area contributed by atoms with E-state index in [0.29, 0.717) is 28.9 Å². The molecule has 140 valence electrons. The second kappa shape index (κ2) is 8.80. The first kappa shape index (κ1) is 19.8. The van der Waals surface area contributed by atoms with E-state index in [1.165, 1.54) is 4.68 Å². The molecule has 0 atom stereocenters. The number of benzene rings is 2. The SMILES string of the molecule is CCCCc1nc2ccc(Br)cc2c(=O)n1N=Cc1cc(Br)ccc1OC. The van der Waals surface area contributed by atoms with E-state index in [2.05, 4.69) is 48.9 Å². The zero-order valence-electron chi connectivity index (χ0n) is 15.1. The Balaban J connectivity index is 2.15. The van der Waals surface area contributed by atoms with Gasteiger partial charge in [0.05, 0.1) is 24.2 Å². The highest BCUT2D eigenvalue weighted by Crippen LogP contribution is 2.21. The van der Waals surface area contributed by atoms with Gasteiger partial charge in [-0.15, -0.1) is 0 Å². The van der Waals surface area contributed by atoms with Gasteiger partial charge in [0.1, 0.15) is 11.6 Å². The molecule has 3 aromatic rings. The predicted molar refractivity (Wildman–Crippen MR) is 116 cm³/mol. The highest BCUT2D eigenvalue weighted by Gasteiger charge is 2.11. The third-order valence-electron chi connectivity index (χ3n) is 4.13. The molecule has 0 spiro atoms. The summed E-state index contributed by atoms with van der Waals surface area (Å²) in [6.07, 6.45) is 4.26. The van der Waals surface area contributed by atoms with Crippen molar-refractivity contribution in [1.82, 2.24) is 9.66 Å². The van der Waals surface area contributed by atoms with Gasteiger partial charge in [-0.3, -0.25) is 4.79 Å². The first-order valence-electron chi connectivity index (χ1n) is 8.62. The molecule has 7 heteroatoms. The van der Waals surface area contributed by atoms with Gasteiger partial charge in [-0.25, -0.2) is 4.98 Å². The van der Waals surface area contributed by atoms with Crippen LogP contribution < -0.4 is 10.3 Å². The highest BCUT2D eigenvalue weighted by atomic mass is 79.9. The van der Waals surface area contributed by atoms with Crippen molar-refractivity contribution in [2.75, 3.05) is 7.11 Å². The van der Waals surface area contributed by atoms with E-state index in [1.54, 1.807) is 19.4 Å². The number of ether oxygens (including phenoxy) is 1. The van der Waals surface area contributed by atoms with Crippen LogP contribution in [-0.4, -0.2) is 23.0 Å². The van der Waals surface area contributed by atoms with E-state index in [0.717, 1.165) is 27.4 Å². The van der Waals surface area contributed by atoms with Gasteiger partial charge in [-0.1, -0.05) is 45.2 Å². The summed E-state index contributed by atoms with van der Waals surface area (Å²) < 4.78 is 8.51. The molecule has 2 aromatic carbocycles. The van der Waals surface area contributed by atoms with Gasteiger partial charge in [-0.2, -0.15) is 9.78 Å². The molecule has 5 nitrogen and oxygen atoms in total. The van der Waals surface area contributed by atoms with Gasteiger partial charge >= 0.3 is 0 Å². The lowest BCUT2D eigenvalue weighted by Crippen LogP contribution is -2.22. The molecule has 1 aromatic heterocycles. The summed E-state index contributed by atoms with van der Waals surface area (Å²) in [6.45, 7) is 2.11. The number of aryl methyl sites for hydroxylation is 1. The number of unbranched alkanes of at least 4 members (excludes halogenated alkanes) is 1. The van der Waals surface area contributed by atoms with Crippen LogP contribution in [0.4, 0.5) is 0 Å². The summed E-state index contributed by atoms with van der Waals surface area (Å²) >= 11 is 6.87. The van der Waals surface area contributed by atoms with Crippen molar-refractivity contribution in [3.05, 3.63) is 67.1 Å². The molecule has 0 saturated carbocycles. The molecule has 27 heavy (non-hydrogen) atoms. The Kier molecular flexibility index (Phi) is 6.44. The summed E-state index contributed by atoms with van der Waals surface area (Å²) in [4.78, 5) is 17.7. The Morgan fingerprint density at radius 3 is 2.67 bits per heavy atom. The van der Waals surface area contributed by atoms with Crippen molar-refractivity contribution in [2.24, 2.45) is 5.10 Å². The Morgan fingerprint density at radius 1 is 1.19 bits per heavy atom. The summed E-state index contributed by atoms with van der Waals surface area (Å²) in [5.41, 5.74) is 1.27. The van der Waals surface area contributed by atoms with Crippen LogP contribution in [0.15, 0.2) is 55.2 Å². The van der Waals surface area contributed by atoms with Crippen LogP contribution in [-0.2, 0) is 6.42 Å². The topological polar surface area (TPSA) is 56.5 Å². The fourth-order valence-electron chi connectivity index (χ4n) is 2.74. The summed E-state index contributed by atoms with van der Waals surface area (Å²) in [5, 5.41) is 4.99. The van der Waals surface area contributed by atoms with Crippen molar-refractivity contribution in [2.45, 2.75) is 26.2 Å². The minimum atomic E-state index is -0.183. The molecule has 0 N–H and O–H groups in total. The number of halogens is 2. The number of aromatic nitrogens is 2. The average molecular weight is 493 g/mol. The second-order valence-corrected chi connectivity index (χ2v) is 7.87. The first-order valence-corrected chi connectivity index (χ1v) is 10.2. The third kappa shape index (κ3) is 4.47. The quantitative estimate of drug-likeness (QED) is 0.447. The van der Waals surface area contributed by atoms with E-state index in [9.17, 15) is 4.79 Å². The number of fused-ring (bicyclic) bond motifs is 1. The van der Waals surface area contributed by atoms with Crippen LogP contribution in [0.1, 0.15) is 31.2 Å². The van der Waals surface area contributed by atoms with Gasteiger partial charge in [0.15, 0.2) is 0 Å². The van der Waals surface area contributed by atoms with Gasteiger partial charge in [0.25, 0.3) is 5.56 Å². The minimum Gasteiger partial charge on any atom is -0.496 e. The van der Waals surface area contributed by atoms with E-state index in [-0.39, 0.29) is 5.56 Å². The van der Waals surface area contributed by atoms with Crippen LogP contribution in [0.2, 0.25) is 0 Å². The molecule has 0 bridgehead atoms. The molecule has 0 unspecified atom stereocenters. The zero-order chi connectivity index (χ0) is 19.4. The zero-order valence-corrected chi connectivity index (χ0v) is 18.2. The van der Waals surface area contributed by atoms with Crippen LogP contribution in [0.3, 0.4) is 0 Å². The summed E-state index contributed by atoms with van der Waals surface area (Å²) in [6, 6.07) is 11.1. The standard InChI is InChI=1S/C20H19Br2N3O2/c1-3-4-5-19-24-17-8-6-15(22)11-16(17)20(26)25(19)23-12-13-10-14(21)7-9-18(13)27-2/h6-12H,3-5H2,1-2H3. The van der Waals surface area contributed by atoms with E-state index in [4.69, 9.17) is 4.74 Å². The molecular weight excluding hydrogens is 474 g/mol. The maximum Gasteiger partial charge on any atom is 0.282 e. The maximum absolute atomic E-state index is 13.1. The number of hydrogen-bond acceptors (Lipinski definition) is 4. The number of nitrogens with zero attached hydrogens (tertiary/aromatic N) is 3. The molecule has 0 fully saturated rings. The molecule has 3 rings (SSSR count). The Hall–Kier alpha value is -1.99. The van der Waals surface area contributed by atoms with Crippen LogP contribution >= 0.6 is 31.9 Å². The Morgan fingerprint density at radius 2 is 1.93 bits per heavy atom. The summed E-state index contributed by atoms with van der Waals surface area (Å²) in [7, 11) is 1.61. The van der Waals surface area contributed by atoms with Crippen molar-refractivity contribution < 1.29 is 4.74 Å². The molecule has 0 aliphatic carbocycles. The number of rotatable bonds is 6. The lowest BCUT2D eigenvalue weighted by molar-refractivity contribution is 0.414. The normalized spacial score (nSPS) is 11.4. The smallest absolute Gasteiger partial charge is 0.282 e. The van der Waals surface area contributed by atoms with Gasteiger partial charge in [0.2, 0.25) is 0 Å². The van der Waals surface area contributed by atoms with Crippen molar-refractivity contribution in [3.63, 3.8) is 0 Å². The van der Waals surface area contributed by atoms with Crippen molar-refractivity contribution >= 4 is 49.0 Å². The Bertz CT molecular complexity index is 1060. The minimum absolute atomic E-state index is 0.183. The molecular formula is C20H19Br2N3O2. The third-order valence-corrected chi connectivity index (χ3v) is 5.12. The fraction of sp³-hybridized carbons (Fsp3) is 0.250. The van der Waals surface area contributed by atoms with Crippen LogP contribution in [0.25, 0.3) is 10.9 Å². The maximum atomic E-state index is 13.1. The van der Waals surface area contributed by atoms with E-state index >= 15 is 0 Å². The van der Waals surface area contributed by atoms with Gasteiger partial charge in [-0.05, 0) is 42.8 Å². The van der Waals surface area contributed by atoms with E-state index in [1.807, 2.05) is 30.3 Å². The molecule has 0 aliphatic heterocycles. The lowest BCUT2D eigenvalue weighted by Gasteiger charge is -2.10.